The molecule has 0 fully saturated rings. The Hall–Kier alpha value is -1.88. The maximum atomic E-state index is 6.08. The van der Waals surface area contributed by atoms with Crippen LogP contribution in [-0.2, 0) is 19.4 Å². The fraction of sp³-hybridized carbons (Fsp3) is 0.444. The Morgan fingerprint density at radius 3 is 2.43 bits per heavy atom. The van der Waals surface area contributed by atoms with E-state index in [1.54, 1.807) is 11.3 Å². The minimum absolute atomic E-state index is 0.446. The standard InChI is InChI=1S/C18H26N4S/c1-5-13-8-7-9-14(6-2)17(13)22-18(19)20-10-16-21-15(11-23-16)12(3)4/h7-9,11-12H,5-6,10H2,1-4H3,(H3,19,20,22). The van der Waals surface area contributed by atoms with Crippen LogP contribution in [0.15, 0.2) is 28.6 Å². The Kier molecular flexibility index (Phi) is 6.16. The van der Waals surface area contributed by atoms with E-state index in [0.29, 0.717) is 18.4 Å². The summed E-state index contributed by atoms with van der Waals surface area (Å²) in [6, 6.07) is 6.36. The average Bonchev–Trinajstić information content (AvgIpc) is 3.02. The van der Waals surface area contributed by atoms with Crippen molar-refractivity contribution in [1.82, 2.24) is 4.98 Å². The van der Waals surface area contributed by atoms with E-state index in [4.69, 9.17) is 5.73 Å². The summed E-state index contributed by atoms with van der Waals surface area (Å²) in [5, 5.41) is 6.38. The van der Waals surface area contributed by atoms with E-state index in [-0.39, 0.29) is 0 Å². The summed E-state index contributed by atoms with van der Waals surface area (Å²) in [6.45, 7) is 9.11. The molecule has 3 N–H and O–H groups in total. The lowest BCUT2D eigenvalue weighted by atomic mass is 10.0. The van der Waals surface area contributed by atoms with Gasteiger partial charge in [0.05, 0.1) is 12.2 Å². The van der Waals surface area contributed by atoms with Crippen LogP contribution in [0.1, 0.15) is 55.4 Å². The van der Waals surface area contributed by atoms with E-state index in [9.17, 15) is 0 Å². The second kappa shape index (κ2) is 8.11. The number of nitrogens with two attached hydrogens (primary N) is 1. The minimum Gasteiger partial charge on any atom is -0.370 e. The van der Waals surface area contributed by atoms with Crippen molar-refractivity contribution in [2.24, 2.45) is 10.7 Å². The largest absolute Gasteiger partial charge is 0.370 e. The SMILES string of the molecule is CCc1cccc(CC)c1NC(N)=NCc1nc(C(C)C)cs1. The second-order valence-corrected chi connectivity index (χ2v) is 6.75. The molecule has 0 saturated heterocycles. The van der Waals surface area contributed by atoms with Crippen molar-refractivity contribution in [3.05, 3.63) is 45.4 Å². The van der Waals surface area contributed by atoms with Crippen molar-refractivity contribution in [3.8, 4) is 0 Å². The van der Waals surface area contributed by atoms with Gasteiger partial charge in [-0.15, -0.1) is 11.3 Å². The lowest BCUT2D eigenvalue weighted by Crippen LogP contribution is -2.24. The van der Waals surface area contributed by atoms with E-state index >= 15 is 0 Å². The molecule has 2 rings (SSSR count). The molecule has 0 amide bonds. The van der Waals surface area contributed by atoms with Gasteiger partial charge in [-0.1, -0.05) is 45.9 Å². The highest BCUT2D eigenvalue weighted by Gasteiger charge is 2.08. The van der Waals surface area contributed by atoms with E-state index in [0.717, 1.165) is 29.2 Å². The molecule has 0 atom stereocenters. The summed E-state index contributed by atoms with van der Waals surface area (Å²) in [5.74, 6) is 0.893. The van der Waals surface area contributed by atoms with Crippen molar-refractivity contribution in [2.75, 3.05) is 5.32 Å². The third-order valence-electron chi connectivity index (χ3n) is 3.80. The maximum Gasteiger partial charge on any atom is 0.193 e. The molecular weight excluding hydrogens is 304 g/mol. The van der Waals surface area contributed by atoms with Crippen molar-refractivity contribution in [2.45, 2.75) is 53.0 Å². The number of rotatable bonds is 6. The molecule has 2 aromatic rings. The number of para-hydroxylation sites is 1. The number of anilines is 1. The van der Waals surface area contributed by atoms with Crippen molar-refractivity contribution in [3.63, 3.8) is 0 Å². The highest BCUT2D eigenvalue weighted by atomic mass is 32.1. The quantitative estimate of drug-likeness (QED) is 0.612. The number of guanidine groups is 1. The van der Waals surface area contributed by atoms with Gasteiger partial charge in [-0.3, -0.25) is 0 Å². The van der Waals surface area contributed by atoms with Gasteiger partial charge in [-0.25, -0.2) is 9.98 Å². The third kappa shape index (κ3) is 4.55. The number of benzene rings is 1. The van der Waals surface area contributed by atoms with Gasteiger partial charge in [0.2, 0.25) is 0 Å². The van der Waals surface area contributed by atoms with Gasteiger partial charge < -0.3 is 11.1 Å². The van der Waals surface area contributed by atoms with Crippen LogP contribution in [0.2, 0.25) is 0 Å². The highest BCUT2D eigenvalue weighted by molar-refractivity contribution is 7.09. The summed E-state index contributed by atoms with van der Waals surface area (Å²) in [7, 11) is 0. The number of hydrogen-bond acceptors (Lipinski definition) is 3. The zero-order chi connectivity index (χ0) is 16.8. The molecule has 0 radical (unpaired) electrons. The zero-order valence-corrected chi connectivity index (χ0v) is 15.2. The van der Waals surface area contributed by atoms with Crippen LogP contribution in [0.3, 0.4) is 0 Å². The summed E-state index contributed by atoms with van der Waals surface area (Å²) in [5.41, 5.74) is 10.8. The maximum absolute atomic E-state index is 6.08. The van der Waals surface area contributed by atoms with Gasteiger partial charge in [0.25, 0.3) is 0 Å². The molecule has 1 aromatic carbocycles. The number of hydrogen-bond donors (Lipinski definition) is 2. The predicted octanol–water partition coefficient (Wildman–Crippen LogP) is 4.32. The fourth-order valence-corrected chi connectivity index (χ4v) is 3.27. The lowest BCUT2D eigenvalue weighted by Gasteiger charge is -2.14. The van der Waals surface area contributed by atoms with E-state index in [2.05, 4.69) is 66.6 Å². The first-order valence-corrected chi connectivity index (χ1v) is 9.05. The highest BCUT2D eigenvalue weighted by Crippen LogP contribution is 2.22. The van der Waals surface area contributed by atoms with Crippen LogP contribution in [0.5, 0.6) is 0 Å². The van der Waals surface area contributed by atoms with Crippen LogP contribution in [0.25, 0.3) is 0 Å². The average molecular weight is 331 g/mol. The molecule has 5 heteroatoms. The van der Waals surface area contributed by atoms with Crippen molar-refractivity contribution < 1.29 is 0 Å². The molecule has 0 bridgehead atoms. The number of aliphatic imine (C=N–C) groups is 1. The topological polar surface area (TPSA) is 63.3 Å². The minimum atomic E-state index is 0.446. The smallest absolute Gasteiger partial charge is 0.193 e. The third-order valence-corrected chi connectivity index (χ3v) is 4.65. The summed E-state index contributed by atoms with van der Waals surface area (Å²) < 4.78 is 0. The predicted molar refractivity (Wildman–Crippen MR) is 100 cm³/mol. The molecule has 1 aromatic heterocycles. The molecular formula is C18H26N4S. The van der Waals surface area contributed by atoms with Crippen molar-refractivity contribution in [1.29, 1.82) is 0 Å². The normalized spacial score (nSPS) is 12.0. The van der Waals surface area contributed by atoms with Crippen LogP contribution in [0, 0.1) is 0 Å². The molecule has 23 heavy (non-hydrogen) atoms. The first kappa shape index (κ1) is 17.5. The molecule has 0 spiro atoms. The van der Waals surface area contributed by atoms with Gasteiger partial charge in [-0.2, -0.15) is 0 Å². The van der Waals surface area contributed by atoms with Gasteiger partial charge >= 0.3 is 0 Å². The van der Waals surface area contributed by atoms with Gasteiger partial charge in [0, 0.05) is 11.1 Å². The van der Waals surface area contributed by atoms with Gasteiger partial charge in [0.1, 0.15) is 5.01 Å². The molecule has 1 heterocycles. The fourth-order valence-electron chi connectivity index (χ4n) is 2.39. The summed E-state index contributed by atoms with van der Waals surface area (Å²) in [4.78, 5) is 9.03. The van der Waals surface area contributed by atoms with Crippen LogP contribution in [-0.4, -0.2) is 10.9 Å². The zero-order valence-electron chi connectivity index (χ0n) is 14.4. The van der Waals surface area contributed by atoms with E-state index < -0.39 is 0 Å². The van der Waals surface area contributed by atoms with Crippen LogP contribution < -0.4 is 11.1 Å². The number of nitrogens with one attached hydrogen (secondary N) is 1. The van der Waals surface area contributed by atoms with Crippen LogP contribution >= 0.6 is 11.3 Å². The molecule has 4 nitrogen and oxygen atoms in total. The van der Waals surface area contributed by atoms with E-state index in [1.165, 1.54) is 11.1 Å². The molecule has 0 saturated carbocycles. The number of aromatic nitrogens is 1. The van der Waals surface area contributed by atoms with Crippen LogP contribution in [0.4, 0.5) is 5.69 Å². The Morgan fingerprint density at radius 2 is 1.91 bits per heavy atom. The van der Waals surface area contributed by atoms with Crippen molar-refractivity contribution >= 4 is 23.0 Å². The molecule has 0 unspecified atom stereocenters. The number of nitrogens with zero attached hydrogens (tertiary/aromatic N) is 2. The Labute approximate surface area is 142 Å². The Morgan fingerprint density at radius 1 is 1.26 bits per heavy atom. The molecule has 124 valence electrons. The molecule has 0 aliphatic heterocycles. The first-order chi connectivity index (χ1) is 11.0. The van der Waals surface area contributed by atoms with Gasteiger partial charge in [0.15, 0.2) is 5.96 Å². The monoisotopic (exact) mass is 330 g/mol. The number of aryl methyl sites for hydroxylation is 2. The Balaban J connectivity index is 2.10. The summed E-state index contributed by atoms with van der Waals surface area (Å²) in [6.07, 6.45) is 1.93. The Bertz CT molecular complexity index is 651. The number of thiazole rings is 1. The molecule has 0 aliphatic carbocycles. The lowest BCUT2D eigenvalue weighted by molar-refractivity contribution is 0.821. The summed E-state index contributed by atoms with van der Waals surface area (Å²) >= 11 is 1.64. The second-order valence-electron chi connectivity index (χ2n) is 5.81. The van der Waals surface area contributed by atoms with Gasteiger partial charge in [-0.05, 0) is 29.9 Å². The van der Waals surface area contributed by atoms with E-state index in [1.807, 2.05) is 0 Å². The molecule has 0 aliphatic rings. The first-order valence-electron chi connectivity index (χ1n) is 8.17.